The Kier molecular flexibility index (Phi) is 6.07. The van der Waals surface area contributed by atoms with Crippen molar-refractivity contribution in [2.24, 2.45) is 0 Å². The average Bonchev–Trinajstić information content (AvgIpc) is 3.20. The molecule has 0 saturated carbocycles. The van der Waals surface area contributed by atoms with Gasteiger partial charge in [-0.15, -0.1) is 0 Å². The Bertz CT molecular complexity index is 916. The summed E-state index contributed by atoms with van der Waals surface area (Å²) in [6.07, 6.45) is -1.37. The van der Waals surface area contributed by atoms with Gasteiger partial charge in [-0.3, -0.25) is 9.69 Å². The molecular formula is C22H28F3N5O. The van der Waals surface area contributed by atoms with Crippen molar-refractivity contribution in [3.05, 3.63) is 47.3 Å². The predicted octanol–water partition coefficient (Wildman–Crippen LogP) is 3.05. The monoisotopic (exact) mass is 435 g/mol. The number of aryl methyl sites for hydroxylation is 1. The number of amides is 1. The highest BCUT2D eigenvalue weighted by Gasteiger charge is 2.42. The molecule has 6 nitrogen and oxygen atoms in total. The number of nitrogens with zero attached hydrogens (tertiary/aromatic N) is 5. The molecule has 1 aromatic heterocycles. The molecule has 1 aromatic carbocycles. The molecule has 0 bridgehead atoms. The number of hydrogen-bond acceptors (Lipinski definition) is 4. The molecular weight excluding hydrogens is 407 g/mol. The van der Waals surface area contributed by atoms with Crippen LogP contribution >= 0.6 is 0 Å². The lowest BCUT2D eigenvalue weighted by Gasteiger charge is -2.42. The van der Waals surface area contributed by atoms with Crippen LogP contribution in [0, 0.1) is 6.92 Å². The number of rotatable bonds is 3. The van der Waals surface area contributed by atoms with Crippen molar-refractivity contribution in [1.29, 1.82) is 0 Å². The van der Waals surface area contributed by atoms with E-state index in [-0.39, 0.29) is 11.3 Å². The summed E-state index contributed by atoms with van der Waals surface area (Å²) in [5.41, 5.74) is -0.192. The van der Waals surface area contributed by atoms with Gasteiger partial charge in [0, 0.05) is 38.8 Å². The lowest BCUT2D eigenvalue weighted by atomic mass is 10.0. The normalized spacial score (nSPS) is 21.5. The molecule has 0 spiro atoms. The molecule has 0 radical (unpaired) electrons. The van der Waals surface area contributed by atoms with Crippen LogP contribution in [0.25, 0.3) is 5.69 Å². The van der Waals surface area contributed by atoms with Crippen LogP contribution in [0.2, 0.25) is 0 Å². The van der Waals surface area contributed by atoms with Crippen LogP contribution in [0.5, 0.6) is 0 Å². The molecule has 168 valence electrons. The van der Waals surface area contributed by atoms with Crippen LogP contribution in [-0.2, 0) is 6.18 Å². The minimum absolute atomic E-state index is 0.281. The molecule has 2 aliphatic rings. The van der Waals surface area contributed by atoms with E-state index in [4.69, 9.17) is 0 Å². The maximum Gasteiger partial charge on any atom is 0.434 e. The summed E-state index contributed by atoms with van der Waals surface area (Å²) >= 11 is 0. The summed E-state index contributed by atoms with van der Waals surface area (Å²) in [6, 6.07) is 7.05. The Morgan fingerprint density at radius 2 is 1.74 bits per heavy atom. The Labute approximate surface area is 180 Å². The van der Waals surface area contributed by atoms with E-state index in [9.17, 15) is 18.0 Å². The highest BCUT2D eigenvalue weighted by atomic mass is 19.4. The molecule has 0 aliphatic carbocycles. The Morgan fingerprint density at radius 1 is 1.06 bits per heavy atom. The second-order valence-electron chi connectivity index (χ2n) is 8.54. The number of carbonyl (C=O) groups is 1. The number of carbonyl (C=O) groups excluding carboxylic acids is 1. The zero-order valence-corrected chi connectivity index (χ0v) is 17.9. The summed E-state index contributed by atoms with van der Waals surface area (Å²) < 4.78 is 42.6. The van der Waals surface area contributed by atoms with Gasteiger partial charge in [0.15, 0.2) is 5.69 Å². The summed E-state index contributed by atoms with van der Waals surface area (Å²) in [4.78, 5) is 19.2. The third kappa shape index (κ3) is 4.62. The molecule has 0 N–H and O–H groups in total. The summed E-state index contributed by atoms with van der Waals surface area (Å²) in [7, 11) is 2.11. The summed E-state index contributed by atoms with van der Waals surface area (Å²) in [5, 5.41) is 3.93. The number of benzene rings is 1. The zero-order chi connectivity index (χ0) is 22.2. The van der Waals surface area contributed by atoms with Gasteiger partial charge in [-0.1, -0.05) is 17.7 Å². The SMILES string of the molecule is Cc1ccc(-n2ncc(C(=O)N3CCN(C4CCCN(C)C4)CC3)c2C(F)(F)F)cc1. The first-order valence-corrected chi connectivity index (χ1v) is 10.7. The van der Waals surface area contributed by atoms with Crippen LogP contribution in [0.1, 0.15) is 34.5 Å². The van der Waals surface area contributed by atoms with E-state index in [1.54, 1.807) is 24.3 Å². The molecule has 3 heterocycles. The van der Waals surface area contributed by atoms with E-state index in [0.29, 0.717) is 32.2 Å². The fourth-order valence-corrected chi connectivity index (χ4v) is 4.56. The number of likely N-dealkylation sites (tertiary alicyclic amines) is 1. The largest absolute Gasteiger partial charge is 0.434 e. The first-order valence-electron chi connectivity index (χ1n) is 10.7. The van der Waals surface area contributed by atoms with E-state index in [2.05, 4.69) is 21.9 Å². The molecule has 9 heteroatoms. The number of aromatic nitrogens is 2. The lowest BCUT2D eigenvalue weighted by Crippen LogP contribution is -2.55. The Balaban J connectivity index is 1.52. The van der Waals surface area contributed by atoms with Gasteiger partial charge in [-0.05, 0) is 45.5 Å². The third-order valence-corrected chi connectivity index (χ3v) is 6.26. The molecule has 1 unspecified atom stereocenters. The van der Waals surface area contributed by atoms with Gasteiger partial charge < -0.3 is 9.80 Å². The van der Waals surface area contributed by atoms with Crippen molar-refractivity contribution >= 4 is 5.91 Å². The first kappa shape index (κ1) is 21.8. The number of hydrogen-bond donors (Lipinski definition) is 0. The Hall–Kier alpha value is -2.39. The smallest absolute Gasteiger partial charge is 0.336 e. The fourth-order valence-electron chi connectivity index (χ4n) is 4.56. The second-order valence-corrected chi connectivity index (χ2v) is 8.54. The van der Waals surface area contributed by atoms with E-state index >= 15 is 0 Å². The van der Waals surface area contributed by atoms with Gasteiger partial charge in [-0.2, -0.15) is 18.3 Å². The number of halogens is 3. The standard InChI is InChI=1S/C22H28F3N5O/c1-16-5-7-17(8-6-16)30-20(22(23,24)25)19(14-26-30)21(31)29-12-10-28(11-13-29)18-4-3-9-27(2)15-18/h5-8,14,18H,3-4,9-13,15H2,1-2H3. The van der Waals surface area contributed by atoms with Crippen LogP contribution in [0.3, 0.4) is 0 Å². The van der Waals surface area contributed by atoms with Crippen molar-refractivity contribution in [1.82, 2.24) is 24.5 Å². The summed E-state index contributed by atoms with van der Waals surface area (Å²) in [6.45, 7) is 6.15. The molecule has 1 amide bonds. The predicted molar refractivity (Wildman–Crippen MR) is 111 cm³/mol. The molecule has 2 fully saturated rings. The van der Waals surface area contributed by atoms with E-state index in [0.717, 1.165) is 42.4 Å². The van der Waals surface area contributed by atoms with Crippen molar-refractivity contribution in [3.63, 3.8) is 0 Å². The summed E-state index contributed by atoms with van der Waals surface area (Å²) in [5.74, 6) is -0.605. The zero-order valence-electron chi connectivity index (χ0n) is 17.9. The van der Waals surface area contributed by atoms with Gasteiger partial charge in [-0.25, -0.2) is 4.68 Å². The van der Waals surface area contributed by atoms with Crippen molar-refractivity contribution < 1.29 is 18.0 Å². The van der Waals surface area contributed by atoms with Crippen molar-refractivity contribution in [3.8, 4) is 5.69 Å². The molecule has 2 aromatic rings. The minimum Gasteiger partial charge on any atom is -0.336 e. The lowest BCUT2D eigenvalue weighted by molar-refractivity contribution is -0.143. The fraction of sp³-hybridized carbons (Fsp3) is 0.545. The van der Waals surface area contributed by atoms with Crippen LogP contribution in [0.15, 0.2) is 30.5 Å². The second kappa shape index (κ2) is 8.63. The number of piperidine rings is 1. The maximum atomic E-state index is 13.9. The quantitative estimate of drug-likeness (QED) is 0.744. The van der Waals surface area contributed by atoms with Crippen molar-refractivity contribution in [2.75, 3.05) is 46.3 Å². The van der Waals surface area contributed by atoms with Gasteiger partial charge in [0.05, 0.1) is 17.4 Å². The molecule has 2 aliphatic heterocycles. The van der Waals surface area contributed by atoms with Gasteiger partial charge in [0.25, 0.3) is 5.91 Å². The van der Waals surface area contributed by atoms with Crippen LogP contribution in [-0.4, -0.2) is 82.7 Å². The molecule has 4 rings (SSSR count). The average molecular weight is 435 g/mol. The van der Waals surface area contributed by atoms with E-state index in [1.165, 1.54) is 4.90 Å². The topological polar surface area (TPSA) is 44.6 Å². The highest BCUT2D eigenvalue weighted by Crippen LogP contribution is 2.34. The van der Waals surface area contributed by atoms with Crippen LogP contribution in [0.4, 0.5) is 13.2 Å². The maximum absolute atomic E-state index is 13.9. The highest BCUT2D eigenvalue weighted by molar-refractivity contribution is 5.95. The molecule has 31 heavy (non-hydrogen) atoms. The van der Waals surface area contributed by atoms with Crippen molar-refractivity contribution in [2.45, 2.75) is 32.0 Å². The number of likely N-dealkylation sites (N-methyl/N-ethyl adjacent to an activating group) is 1. The molecule has 2 saturated heterocycles. The van der Waals surface area contributed by atoms with Gasteiger partial charge >= 0.3 is 6.18 Å². The number of piperazine rings is 1. The number of alkyl halides is 3. The Morgan fingerprint density at radius 3 is 2.35 bits per heavy atom. The van der Waals surface area contributed by atoms with E-state index < -0.39 is 17.8 Å². The third-order valence-electron chi connectivity index (χ3n) is 6.26. The first-order chi connectivity index (χ1) is 14.7. The minimum atomic E-state index is -4.69. The van der Waals surface area contributed by atoms with Crippen LogP contribution < -0.4 is 0 Å². The van der Waals surface area contributed by atoms with Gasteiger partial charge in [0.1, 0.15) is 0 Å². The van der Waals surface area contributed by atoms with E-state index in [1.807, 2.05) is 6.92 Å². The van der Waals surface area contributed by atoms with Gasteiger partial charge in [0.2, 0.25) is 0 Å². The molecule has 1 atom stereocenters.